The van der Waals surface area contributed by atoms with Gasteiger partial charge in [0.25, 0.3) is 5.91 Å². The first kappa shape index (κ1) is 15.4. The summed E-state index contributed by atoms with van der Waals surface area (Å²) in [4.78, 5) is 20.3. The monoisotopic (exact) mass is 313 g/mol. The normalized spacial score (nSPS) is 17.0. The van der Waals surface area contributed by atoms with E-state index < -0.39 is 0 Å². The molecule has 1 fully saturated rings. The van der Waals surface area contributed by atoms with Crippen LogP contribution in [-0.2, 0) is 11.2 Å². The second-order valence-corrected chi connectivity index (χ2v) is 5.35. The smallest absolute Gasteiger partial charge is 0.251 e. The molecule has 23 heavy (non-hydrogen) atoms. The molecule has 1 N–H and O–H groups in total. The van der Waals surface area contributed by atoms with Crippen molar-refractivity contribution in [3.63, 3.8) is 0 Å². The topological polar surface area (TPSA) is 73.3 Å². The van der Waals surface area contributed by atoms with Crippen molar-refractivity contribution in [3.05, 3.63) is 54.0 Å². The van der Waals surface area contributed by atoms with E-state index >= 15 is 0 Å². The van der Waals surface area contributed by atoms with Crippen molar-refractivity contribution >= 4 is 5.91 Å². The number of ether oxygens (including phenoxy) is 2. The maximum atomic E-state index is 12.2. The lowest BCUT2D eigenvalue weighted by Gasteiger charge is -2.11. The van der Waals surface area contributed by atoms with E-state index in [4.69, 9.17) is 9.47 Å². The molecule has 1 atom stereocenters. The van der Waals surface area contributed by atoms with Crippen LogP contribution in [-0.4, -0.2) is 41.7 Å². The van der Waals surface area contributed by atoms with Gasteiger partial charge in [0.2, 0.25) is 5.88 Å². The predicted molar refractivity (Wildman–Crippen MR) is 84.4 cm³/mol. The number of hydrogen-bond acceptors (Lipinski definition) is 5. The zero-order valence-electron chi connectivity index (χ0n) is 12.8. The Labute approximate surface area is 134 Å². The lowest BCUT2D eigenvalue weighted by atomic mass is 10.2. The molecule has 0 spiro atoms. The average Bonchev–Trinajstić information content (AvgIpc) is 3.09. The second kappa shape index (κ2) is 7.69. The van der Waals surface area contributed by atoms with E-state index in [2.05, 4.69) is 15.3 Å². The Morgan fingerprint density at radius 3 is 2.96 bits per heavy atom. The van der Waals surface area contributed by atoms with Gasteiger partial charge in [-0.1, -0.05) is 0 Å². The number of rotatable bonds is 6. The highest BCUT2D eigenvalue weighted by atomic mass is 16.5. The minimum atomic E-state index is -0.131. The van der Waals surface area contributed by atoms with Gasteiger partial charge in [-0.2, -0.15) is 0 Å². The molecule has 1 amide bonds. The fourth-order valence-corrected chi connectivity index (χ4v) is 2.36. The van der Waals surface area contributed by atoms with Crippen LogP contribution in [0.1, 0.15) is 22.3 Å². The van der Waals surface area contributed by atoms with Crippen molar-refractivity contribution < 1.29 is 14.3 Å². The van der Waals surface area contributed by atoms with Crippen LogP contribution in [0.15, 0.2) is 42.9 Å². The van der Waals surface area contributed by atoms with Crippen molar-refractivity contribution in [1.29, 1.82) is 0 Å². The van der Waals surface area contributed by atoms with E-state index in [9.17, 15) is 4.79 Å². The molecule has 0 saturated carbocycles. The van der Waals surface area contributed by atoms with E-state index in [1.165, 1.54) is 0 Å². The minimum absolute atomic E-state index is 0.0208. The van der Waals surface area contributed by atoms with Crippen LogP contribution in [0.3, 0.4) is 0 Å². The van der Waals surface area contributed by atoms with E-state index in [1.54, 1.807) is 30.7 Å². The van der Waals surface area contributed by atoms with Gasteiger partial charge in [-0.3, -0.25) is 9.78 Å². The summed E-state index contributed by atoms with van der Waals surface area (Å²) >= 11 is 0. The summed E-state index contributed by atoms with van der Waals surface area (Å²) in [7, 11) is 0. The number of aromatic nitrogens is 2. The first-order valence-electron chi connectivity index (χ1n) is 7.69. The zero-order chi connectivity index (χ0) is 15.9. The first-order chi connectivity index (χ1) is 11.3. The summed E-state index contributed by atoms with van der Waals surface area (Å²) in [5.74, 6) is 0.330. The Hall–Kier alpha value is -2.47. The highest BCUT2D eigenvalue weighted by Gasteiger charge is 2.18. The molecule has 6 heteroatoms. The molecule has 1 saturated heterocycles. The van der Waals surface area contributed by atoms with Crippen LogP contribution < -0.4 is 10.1 Å². The molecule has 3 rings (SSSR count). The number of hydrogen-bond donors (Lipinski definition) is 1. The lowest BCUT2D eigenvalue weighted by molar-refractivity contribution is 0.0952. The highest BCUT2D eigenvalue weighted by Crippen LogP contribution is 2.15. The SMILES string of the molecule is O=C(NCCc1ccncc1)c1ccnc(O[C@H]2CCOC2)c1. The number of nitrogens with zero attached hydrogens (tertiary/aromatic N) is 2. The van der Waals surface area contributed by atoms with Gasteiger partial charge in [-0.05, 0) is 30.2 Å². The Morgan fingerprint density at radius 2 is 2.17 bits per heavy atom. The van der Waals surface area contributed by atoms with Crippen molar-refractivity contribution in [2.24, 2.45) is 0 Å². The molecule has 0 aliphatic carbocycles. The number of carbonyl (C=O) groups excluding carboxylic acids is 1. The summed E-state index contributed by atoms with van der Waals surface area (Å²) in [6, 6.07) is 7.22. The van der Waals surface area contributed by atoms with E-state index in [0.717, 1.165) is 18.4 Å². The average molecular weight is 313 g/mol. The fraction of sp³-hybridized carbons (Fsp3) is 0.353. The van der Waals surface area contributed by atoms with E-state index in [-0.39, 0.29) is 12.0 Å². The second-order valence-electron chi connectivity index (χ2n) is 5.35. The number of amides is 1. The minimum Gasteiger partial charge on any atom is -0.472 e. The van der Waals surface area contributed by atoms with E-state index in [1.807, 2.05) is 12.1 Å². The summed E-state index contributed by atoms with van der Waals surface area (Å²) in [6.45, 7) is 1.85. The van der Waals surface area contributed by atoms with Gasteiger partial charge in [0, 0.05) is 43.2 Å². The van der Waals surface area contributed by atoms with Crippen LogP contribution in [0.4, 0.5) is 0 Å². The molecule has 0 unspecified atom stereocenters. The quantitative estimate of drug-likeness (QED) is 0.877. The highest BCUT2D eigenvalue weighted by molar-refractivity contribution is 5.94. The molecule has 1 aliphatic rings. The van der Waals surface area contributed by atoms with Crippen LogP contribution in [0.25, 0.3) is 0 Å². The Morgan fingerprint density at radius 1 is 1.30 bits per heavy atom. The van der Waals surface area contributed by atoms with Crippen molar-refractivity contribution in [1.82, 2.24) is 15.3 Å². The molecule has 0 aromatic carbocycles. The molecule has 0 bridgehead atoms. The van der Waals surface area contributed by atoms with Gasteiger partial charge in [0.15, 0.2) is 0 Å². The standard InChI is InChI=1S/C17H19N3O3/c21-17(20-8-3-13-1-6-18-7-2-13)14-4-9-19-16(11-14)23-15-5-10-22-12-15/h1-2,4,6-7,9,11,15H,3,5,8,10,12H2,(H,20,21)/t15-/m0/s1. The first-order valence-corrected chi connectivity index (χ1v) is 7.69. The molecular formula is C17H19N3O3. The van der Waals surface area contributed by atoms with Crippen molar-refractivity contribution in [3.8, 4) is 5.88 Å². The maximum Gasteiger partial charge on any atom is 0.251 e. The van der Waals surface area contributed by atoms with Crippen molar-refractivity contribution in [2.75, 3.05) is 19.8 Å². The largest absolute Gasteiger partial charge is 0.472 e. The van der Waals surface area contributed by atoms with Gasteiger partial charge >= 0.3 is 0 Å². The summed E-state index contributed by atoms with van der Waals surface area (Å²) in [5, 5.41) is 2.90. The van der Waals surface area contributed by atoms with Gasteiger partial charge in [0.1, 0.15) is 6.10 Å². The molecule has 6 nitrogen and oxygen atoms in total. The lowest BCUT2D eigenvalue weighted by Crippen LogP contribution is -2.26. The molecule has 0 radical (unpaired) electrons. The van der Waals surface area contributed by atoms with Crippen LogP contribution >= 0.6 is 0 Å². The Kier molecular flexibility index (Phi) is 5.16. The van der Waals surface area contributed by atoms with Crippen LogP contribution in [0.2, 0.25) is 0 Å². The maximum absolute atomic E-state index is 12.2. The van der Waals surface area contributed by atoms with Crippen LogP contribution in [0, 0.1) is 0 Å². The summed E-state index contributed by atoms with van der Waals surface area (Å²) < 4.78 is 11.0. The van der Waals surface area contributed by atoms with Gasteiger partial charge in [0.05, 0.1) is 13.2 Å². The number of pyridine rings is 2. The van der Waals surface area contributed by atoms with E-state index in [0.29, 0.717) is 31.2 Å². The van der Waals surface area contributed by atoms with Crippen molar-refractivity contribution in [2.45, 2.75) is 18.9 Å². The Bertz CT molecular complexity index is 643. The third kappa shape index (κ3) is 4.50. The zero-order valence-corrected chi connectivity index (χ0v) is 12.8. The van der Waals surface area contributed by atoms with Crippen LogP contribution in [0.5, 0.6) is 5.88 Å². The molecule has 2 aromatic rings. The van der Waals surface area contributed by atoms with Gasteiger partial charge in [-0.25, -0.2) is 4.98 Å². The number of nitrogens with one attached hydrogen (secondary N) is 1. The third-order valence-electron chi connectivity index (χ3n) is 3.62. The molecule has 120 valence electrons. The molecule has 2 aromatic heterocycles. The fourth-order valence-electron chi connectivity index (χ4n) is 2.36. The summed E-state index contributed by atoms with van der Waals surface area (Å²) in [5.41, 5.74) is 1.68. The molecule has 1 aliphatic heterocycles. The number of carbonyl (C=O) groups is 1. The molecule has 3 heterocycles. The predicted octanol–water partition coefficient (Wildman–Crippen LogP) is 1.62. The van der Waals surface area contributed by atoms with Gasteiger partial charge < -0.3 is 14.8 Å². The van der Waals surface area contributed by atoms with Gasteiger partial charge in [-0.15, -0.1) is 0 Å². The Balaban J connectivity index is 1.52. The summed E-state index contributed by atoms with van der Waals surface area (Å²) in [6.07, 6.45) is 6.72. The molecular weight excluding hydrogens is 294 g/mol. The third-order valence-corrected chi connectivity index (χ3v) is 3.62.